The largest absolute Gasteiger partial charge is 0.310 e. The third-order valence-electron chi connectivity index (χ3n) is 3.14. The summed E-state index contributed by atoms with van der Waals surface area (Å²) in [5, 5.41) is 3.62. The second kappa shape index (κ2) is 7.32. The van der Waals surface area contributed by atoms with Crippen molar-refractivity contribution in [2.75, 3.05) is 6.54 Å². The van der Waals surface area contributed by atoms with Gasteiger partial charge in [-0.05, 0) is 57.4 Å². The molecule has 100 valence electrons. The number of hydrogen-bond acceptors (Lipinski definition) is 2. The van der Waals surface area contributed by atoms with Crippen LogP contribution in [0.15, 0.2) is 24.3 Å². The number of rotatable bonds is 7. The van der Waals surface area contributed by atoms with E-state index in [9.17, 15) is 0 Å². The van der Waals surface area contributed by atoms with Crippen LogP contribution in [0.3, 0.4) is 0 Å². The minimum atomic E-state index is 0.373. The summed E-state index contributed by atoms with van der Waals surface area (Å²) in [6, 6.07) is 4.74. The van der Waals surface area contributed by atoms with Crippen LogP contribution in [0, 0.1) is 13.8 Å². The molecule has 0 amide bonds. The van der Waals surface area contributed by atoms with Crippen LogP contribution in [0.25, 0.3) is 0 Å². The smallest absolute Gasteiger partial charge is 0.0379 e. The molecule has 0 saturated heterocycles. The van der Waals surface area contributed by atoms with E-state index in [1.807, 2.05) is 0 Å². The lowest BCUT2D eigenvalue weighted by Crippen LogP contribution is -2.23. The number of aromatic nitrogens is 1. The standard InChI is InChI=1S/C16H26N2/c1-6-8-17-16(9-12(3)7-2)15-10-13(4)18-14(5)11-15/h10-11,16-17H,3,6-9H2,1-2,4-5H3. The molecule has 1 unspecified atom stereocenters. The van der Waals surface area contributed by atoms with E-state index >= 15 is 0 Å². The number of nitrogens with zero attached hydrogens (tertiary/aromatic N) is 1. The lowest BCUT2D eigenvalue weighted by molar-refractivity contribution is 0.522. The van der Waals surface area contributed by atoms with Gasteiger partial charge in [0.05, 0.1) is 0 Å². The molecule has 1 aromatic heterocycles. The Morgan fingerprint density at radius 2 is 1.89 bits per heavy atom. The van der Waals surface area contributed by atoms with Gasteiger partial charge in [-0.25, -0.2) is 0 Å². The summed E-state index contributed by atoms with van der Waals surface area (Å²) >= 11 is 0. The molecule has 0 aliphatic carbocycles. The van der Waals surface area contributed by atoms with Crippen LogP contribution in [-0.2, 0) is 0 Å². The predicted octanol–water partition coefficient (Wildman–Crippen LogP) is 4.10. The molecule has 1 N–H and O–H groups in total. The third kappa shape index (κ3) is 4.61. The minimum absolute atomic E-state index is 0.373. The van der Waals surface area contributed by atoms with E-state index < -0.39 is 0 Å². The number of pyridine rings is 1. The number of aryl methyl sites for hydroxylation is 2. The Hall–Kier alpha value is -1.15. The first-order valence-corrected chi connectivity index (χ1v) is 6.92. The highest BCUT2D eigenvalue weighted by Crippen LogP contribution is 2.23. The Morgan fingerprint density at radius 3 is 2.39 bits per heavy atom. The Bertz CT molecular complexity index is 376. The van der Waals surface area contributed by atoms with Crippen molar-refractivity contribution in [3.8, 4) is 0 Å². The van der Waals surface area contributed by atoms with Gasteiger partial charge in [0.2, 0.25) is 0 Å². The van der Waals surface area contributed by atoms with Gasteiger partial charge in [-0.2, -0.15) is 0 Å². The summed E-state index contributed by atoms with van der Waals surface area (Å²) in [6.07, 6.45) is 3.21. The van der Waals surface area contributed by atoms with Crippen molar-refractivity contribution < 1.29 is 0 Å². The molecule has 2 nitrogen and oxygen atoms in total. The molecule has 0 fully saturated rings. The molecular weight excluding hydrogens is 220 g/mol. The maximum Gasteiger partial charge on any atom is 0.0379 e. The SMILES string of the molecule is C=C(CC)CC(NCCC)c1cc(C)nc(C)c1. The fourth-order valence-electron chi connectivity index (χ4n) is 2.13. The van der Waals surface area contributed by atoms with Crippen LogP contribution < -0.4 is 5.32 Å². The van der Waals surface area contributed by atoms with Crippen LogP contribution in [0.5, 0.6) is 0 Å². The fraction of sp³-hybridized carbons (Fsp3) is 0.562. The molecule has 2 heteroatoms. The van der Waals surface area contributed by atoms with E-state index in [1.165, 1.54) is 11.1 Å². The van der Waals surface area contributed by atoms with Crippen LogP contribution in [0.2, 0.25) is 0 Å². The first kappa shape index (κ1) is 14.9. The average molecular weight is 246 g/mol. The zero-order chi connectivity index (χ0) is 13.5. The normalized spacial score (nSPS) is 12.4. The molecule has 1 aromatic rings. The zero-order valence-corrected chi connectivity index (χ0v) is 12.2. The molecule has 0 aliphatic heterocycles. The first-order valence-electron chi connectivity index (χ1n) is 6.92. The van der Waals surface area contributed by atoms with Crippen molar-refractivity contribution in [1.29, 1.82) is 0 Å². The summed E-state index contributed by atoms with van der Waals surface area (Å²) in [5.74, 6) is 0. The van der Waals surface area contributed by atoms with E-state index in [0.717, 1.165) is 37.2 Å². The molecule has 0 saturated carbocycles. The zero-order valence-electron chi connectivity index (χ0n) is 12.2. The van der Waals surface area contributed by atoms with Crippen molar-refractivity contribution in [2.24, 2.45) is 0 Å². The highest BCUT2D eigenvalue weighted by molar-refractivity contribution is 5.25. The van der Waals surface area contributed by atoms with Gasteiger partial charge in [0.15, 0.2) is 0 Å². The van der Waals surface area contributed by atoms with Gasteiger partial charge in [-0.15, -0.1) is 0 Å². The highest BCUT2D eigenvalue weighted by atomic mass is 14.9. The van der Waals surface area contributed by atoms with Gasteiger partial charge in [0.1, 0.15) is 0 Å². The molecule has 18 heavy (non-hydrogen) atoms. The summed E-state index contributed by atoms with van der Waals surface area (Å²) < 4.78 is 0. The molecule has 0 spiro atoms. The first-order chi connectivity index (χ1) is 8.56. The van der Waals surface area contributed by atoms with E-state index in [2.05, 4.69) is 56.7 Å². The van der Waals surface area contributed by atoms with Gasteiger partial charge < -0.3 is 5.32 Å². The minimum Gasteiger partial charge on any atom is -0.310 e. The fourth-order valence-corrected chi connectivity index (χ4v) is 2.13. The maximum absolute atomic E-state index is 4.45. The third-order valence-corrected chi connectivity index (χ3v) is 3.14. The summed E-state index contributed by atoms with van der Waals surface area (Å²) in [5.41, 5.74) is 4.82. The molecule has 1 rings (SSSR count). The lowest BCUT2D eigenvalue weighted by Gasteiger charge is -2.20. The van der Waals surface area contributed by atoms with Gasteiger partial charge in [-0.1, -0.05) is 26.0 Å². The number of hydrogen-bond donors (Lipinski definition) is 1. The molecular formula is C16H26N2. The summed E-state index contributed by atoms with van der Waals surface area (Å²) in [4.78, 5) is 4.45. The van der Waals surface area contributed by atoms with Crippen molar-refractivity contribution >= 4 is 0 Å². The number of nitrogens with one attached hydrogen (secondary N) is 1. The van der Waals surface area contributed by atoms with Gasteiger partial charge in [0.25, 0.3) is 0 Å². The van der Waals surface area contributed by atoms with E-state index in [4.69, 9.17) is 0 Å². The second-order valence-corrected chi connectivity index (χ2v) is 5.00. The van der Waals surface area contributed by atoms with E-state index in [-0.39, 0.29) is 0 Å². The Labute approximate surface area is 112 Å². The Kier molecular flexibility index (Phi) is 6.06. The van der Waals surface area contributed by atoms with Crippen molar-refractivity contribution in [3.63, 3.8) is 0 Å². The van der Waals surface area contributed by atoms with Crippen LogP contribution >= 0.6 is 0 Å². The monoisotopic (exact) mass is 246 g/mol. The predicted molar refractivity (Wildman–Crippen MR) is 78.8 cm³/mol. The summed E-state index contributed by atoms with van der Waals surface area (Å²) in [7, 11) is 0. The van der Waals surface area contributed by atoms with Crippen LogP contribution in [0.4, 0.5) is 0 Å². The molecule has 1 atom stereocenters. The van der Waals surface area contributed by atoms with Gasteiger partial charge in [-0.3, -0.25) is 4.98 Å². The van der Waals surface area contributed by atoms with Crippen molar-refractivity contribution in [3.05, 3.63) is 41.2 Å². The van der Waals surface area contributed by atoms with E-state index in [0.29, 0.717) is 6.04 Å². The highest BCUT2D eigenvalue weighted by Gasteiger charge is 2.12. The van der Waals surface area contributed by atoms with E-state index in [1.54, 1.807) is 0 Å². The molecule has 0 aliphatic rings. The molecule has 0 radical (unpaired) electrons. The van der Waals surface area contributed by atoms with Gasteiger partial charge in [0, 0.05) is 17.4 Å². The molecule has 0 bridgehead atoms. The molecule has 0 aromatic carbocycles. The Balaban J connectivity index is 2.89. The van der Waals surface area contributed by atoms with Crippen LogP contribution in [-0.4, -0.2) is 11.5 Å². The quantitative estimate of drug-likeness (QED) is 0.733. The Morgan fingerprint density at radius 1 is 1.28 bits per heavy atom. The van der Waals surface area contributed by atoms with Crippen LogP contribution in [0.1, 0.15) is 56.1 Å². The topological polar surface area (TPSA) is 24.9 Å². The summed E-state index contributed by atoms with van der Waals surface area (Å²) in [6.45, 7) is 13.7. The molecule has 1 heterocycles. The second-order valence-electron chi connectivity index (χ2n) is 5.00. The average Bonchev–Trinajstić information content (AvgIpc) is 2.32. The maximum atomic E-state index is 4.45. The van der Waals surface area contributed by atoms with Crippen molar-refractivity contribution in [2.45, 2.75) is 53.0 Å². The van der Waals surface area contributed by atoms with Crippen molar-refractivity contribution in [1.82, 2.24) is 10.3 Å². The van der Waals surface area contributed by atoms with Gasteiger partial charge >= 0.3 is 0 Å². The lowest BCUT2D eigenvalue weighted by atomic mass is 9.98.